The Labute approximate surface area is 85.2 Å². The fourth-order valence-corrected chi connectivity index (χ4v) is 0. The molecule has 15 heteroatoms. The molecule has 22 N–H and O–H groups in total. The van der Waals surface area contributed by atoms with Gasteiger partial charge in [-0.2, -0.15) is 0 Å². The SMILES string of the molecule is O.O.O.O.O.O.O.O.O.O.[O]=[Cr](=[O])([OH])[OH]. The van der Waals surface area contributed by atoms with Crippen LogP contribution in [0.2, 0.25) is 0 Å². The van der Waals surface area contributed by atoms with Crippen LogP contribution in [-0.4, -0.2) is 63.1 Å². The van der Waals surface area contributed by atoms with E-state index in [1.54, 1.807) is 0 Å². The van der Waals surface area contributed by atoms with Gasteiger partial charge in [-0.05, 0) is 0 Å². The van der Waals surface area contributed by atoms with E-state index < -0.39 is 13.6 Å². The molecule has 0 aromatic rings. The maximum absolute atomic E-state index is 8.82. The van der Waals surface area contributed by atoms with E-state index in [2.05, 4.69) is 0 Å². The van der Waals surface area contributed by atoms with Crippen molar-refractivity contribution in [2.75, 3.05) is 0 Å². The van der Waals surface area contributed by atoms with Crippen molar-refractivity contribution >= 4 is 0 Å². The topological polar surface area (TPSA) is 390 Å². The van der Waals surface area contributed by atoms with E-state index in [1.165, 1.54) is 0 Å². The molecule has 14 nitrogen and oxygen atoms in total. The molecule has 112 valence electrons. The van der Waals surface area contributed by atoms with Gasteiger partial charge in [-0.15, -0.1) is 0 Å². The van der Waals surface area contributed by atoms with Gasteiger partial charge >= 0.3 is 29.5 Å². The van der Waals surface area contributed by atoms with Gasteiger partial charge in [0, 0.05) is 0 Å². The van der Waals surface area contributed by atoms with Crippen LogP contribution in [0.4, 0.5) is 0 Å². The van der Waals surface area contributed by atoms with Gasteiger partial charge in [0.25, 0.3) is 0 Å². The predicted octanol–water partition coefficient (Wildman–Crippen LogP) is -9.60. The molecule has 0 aromatic heterocycles. The minimum absolute atomic E-state index is 0. The van der Waals surface area contributed by atoms with E-state index in [1.807, 2.05) is 0 Å². The molecule has 0 bridgehead atoms. The monoisotopic (exact) mass is 298 g/mol. The molecule has 0 spiro atoms. The molecule has 0 saturated heterocycles. The summed E-state index contributed by atoms with van der Waals surface area (Å²) in [6, 6.07) is 0. The molecule has 0 atom stereocenters. The zero-order chi connectivity index (χ0) is 4.50. The van der Waals surface area contributed by atoms with Gasteiger partial charge in [0.2, 0.25) is 0 Å². The van der Waals surface area contributed by atoms with Crippen LogP contribution in [0.3, 0.4) is 0 Å². The first kappa shape index (κ1) is 205. The van der Waals surface area contributed by atoms with Crippen LogP contribution >= 0.6 is 0 Å². The van der Waals surface area contributed by atoms with Gasteiger partial charge in [-0.3, -0.25) is 0 Å². The van der Waals surface area contributed by atoms with Crippen LogP contribution in [0, 0.1) is 0 Å². The standard InChI is InChI=1S/Cr.12H2O.2O/h;12*1H2;;/q+2;;;;;;;;;;;;;;/p-2. The molecule has 15 heavy (non-hydrogen) atoms. The molecule has 0 radical (unpaired) electrons. The summed E-state index contributed by atoms with van der Waals surface area (Å²) in [5.41, 5.74) is 0. The third-order valence-corrected chi connectivity index (χ3v) is 0. The number of rotatable bonds is 0. The van der Waals surface area contributed by atoms with E-state index in [0.717, 1.165) is 0 Å². The van der Waals surface area contributed by atoms with Crippen molar-refractivity contribution in [1.82, 2.24) is 0 Å². The Hall–Kier alpha value is -0.348. The van der Waals surface area contributed by atoms with Crippen LogP contribution in [0.1, 0.15) is 0 Å². The summed E-state index contributed by atoms with van der Waals surface area (Å²) < 4.78 is 31.9. The number of hydrogen-bond donors (Lipinski definition) is 2. The van der Waals surface area contributed by atoms with Gasteiger partial charge in [-0.1, -0.05) is 0 Å². The van der Waals surface area contributed by atoms with Crippen molar-refractivity contribution in [2.45, 2.75) is 0 Å². The first-order valence-electron chi connectivity index (χ1n) is 0.698. The molecular formula is H22CrO14. The summed E-state index contributed by atoms with van der Waals surface area (Å²) in [5, 5.41) is 0. The fourth-order valence-electron chi connectivity index (χ4n) is 0. The van der Waals surface area contributed by atoms with Crippen molar-refractivity contribution in [3.05, 3.63) is 0 Å². The van der Waals surface area contributed by atoms with Crippen molar-refractivity contribution < 1.29 is 84.3 Å². The van der Waals surface area contributed by atoms with Gasteiger partial charge in [0.1, 0.15) is 0 Å². The summed E-state index contributed by atoms with van der Waals surface area (Å²) in [6.45, 7) is 0. The summed E-state index contributed by atoms with van der Waals surface area (Å²) in [6.07, 6.45) is 0. The van der Waals surface area contributed by atoms with Crippen molar-refractivity contribution in [3.63, 3.8) is 0 Å². The Morgan fingerprint density at radius 3 is 0.467 bits per heavy atom. The minimum atomic E-state index is -5.25. The average Bonchev–Trinajstić information content (AvgIpc) is 0.722. The normalized spacial score (nSPS) is 3.87. The second-order valence-electron chi connectivity index (χ2n) is 0.448. The Bertz CT molecular complexity index is 88.5. The molecule has 0 aromatic carbocycles. The molecule has 0 aliphatic rings. The Morgan fingerprint density at radius 1 is 0.467 bits per heavy atom. The molecule has 0 amide bonds. The fraction of sp³-hybridized carbons (Fsp3) is 0. The van der Waals surface area contributed by atoms with E-state index in [9.17, 15) is 0 Å². The van der Waals surface area contributed by atoms with Crippen LogP contribution in [0.15, 0.2) is 0 Å². The Morgan fingerprint density at radius 2 is 0.467 bits per heavy atom. The predicted molar refractivity (Wildman–Crippen MR) is 41.9 cm³/mol. The first-order valence-corrected chi connectivity index (χ1v) is 2.88. The molecule has 0 aliphatic heterocycles. The molecule has 0 rings (SSSR count). The second kappa shape index (κ2) is 68.4. The quantitative estimate of drug-likeness (QED) is 0.439. The summed E-state index contributed by atoms with van der Waals surface area (Å²) in [5.74, 6) is 0. The van der Waals surface area contributed by atoms with Gasteiger partial charge < -0.3 is 54.8 Å². The van der Waals surface area contributed by atoms with Gasteiger partial charge in [-0.25, -0.2) is 0 Å². The summed E-state index contributed by atoms with van der Waals surface area (Å²) >= 11 is -5.25. The maximum atomic E-state index is 8.82. The average molecular weight is 298 g/mol. The number of hydrogen-bond acceptors (Lipinski definition) is 2. The summed E-state index contributed by atoms with van der Waals surface area (Å²) in [4.78, 5) is 0. The molecule has 0 saturated carbocycles. The van der Waals surface area contributed by atoms with Crippen LogP contribution in [0.25, 0.3) is 0 Å². The van der Waals surface area contributed by atoms with E-state index in [4.69, 9.17) is 15.9 Å². The van der Waals surface area contributed by atoms with Crippen LogP contribution < -0.4 is 0 Å². The second-order valence-corrected chi connectivity index (χ2v) is 1.85. The molecule has 0 unspecified atom stereocenters. The molecular weight excluding hydrogens is 276 g/mol. The Kier molecular flexibility index (Phi) is 934. The van der Waals surface area contributed by atoms with E-state index in [0.29, 0.717) is 0 Å². The zero-order valence-electron chi connectivity index (χ0n) is 7.12. The van der Waals surface area contributed by atoms with Crippen LogP contribution in [-0.2, 0) is 21.2 Å². The van der Waals surface area contributed by atoms with E-state index >= 15 is 0 Å². The zero-order valence-corrected chi connectivity index (χ0v) is 8.39. The van der Waals surface area contributed by atoms with Crippen molar-refractivity contribution in [3.8, 4) is 0 Å². The van der Waals surface area contributed by atoms with Gasteiger partial charge in [0.15, 0.2) is 0 Å². The van der Waals surface area contributed by atoms with E-state index in [-0.39, 0.29) is 54.8 Å². The molecule has 0 heterocycles. The Balaban J connectivity index is -0.00000000178. The molecule has 0 aliphatic carbocycles. The van der Waals surface area contributed by atoms with Crippen LogP contribution in [0.5, 0.6) is 0 Å². The summed E-state index contributed by atoms with van der Waals surface area (Å²) in [7, 11) is 0. The first-order chi connectivity index (χ1) is 2.00. The van der Waals surface area contributed by atoms with Crippen molar-refractivity contribution in [1.29, 1.82) is 0 Å². The molecule has 0 fully saturated rings. The third kappa shape index (κ3) is 15300. The van der Waals surface area contributed by atoms with Crippen molar-refractivity contribution in [2.24, 2.45) is 0 Å². The third-order valence-electron chi connectivity index (χ3n) is 0. The van der Waals surface area contributed by atoms with Gasteiger partial charge in [0.05, 0.1) is 0 Å².